The zero-order valence-electron chi connectivity index (χ0n) is 12.5. The molecule has 1 fully saturated rings. The maximum atomic E-state index is 4.43. The first kappa shape index (κ1) is 13.6. The van der Waals surface area contributed by atoms with Crippen LogP contribution < -0.4 is 5.32 Å². The number of pyridine rings is 1. The summed E-state index contributed by atoms with van der Waals surface area (Å²) in [5.74, 6) is 1.73. The van der Waals surface area contributed by atoms with Crippen LogP contribution in [0.4, 0.5) is 0 Å². The molecule has 106 valence electrons. The minimum absolute atomic E-state index is 0.674. The highest BCUT2D eigenvalue weighted by Crippen LogP contribution is 2.29. The molecule has 0 spiro atoms. The number of aromatic nitrogens is 1. The third-order valence-electron chi connectivity index (χ3n) is 4.92. The van der Waals surface area contributed by atoms with Crippen LogP contribution in [-0.4, -0.2) is 11.0 Å². The van der Waals surface area contributed by atoms with Crippen LogP contribution in [0, 0.1) is 11.8 Å². The number of nitrogens with zero attached hydrogens (tertiary/aromatic N) is 1. The van der Waals surface area contributed by atoms with Gasteiger partial charge in [0.1, 0.15) is 0 Å². The summed E-state index contributed by atoms with van der Waals surface area (Å²) >= 11 is 0. The highest BCUT2D eigenvalue weighted by Gasteiger charge is 2.24. The van der Waals surface area contributed by atoms with E-state index in [9.17, 15) is 0 Å². The monoisotopic (exact) mass is 268 g/mol. The van der Waals surface area contributed by atoms with Gasteiger partial charge in [-0.05, 0) is 48.8 Å². The van der Waals surface area contributed by atoms with Crippen LogP contribution >= 0.6 is 0 Å². The molecule has 1 N–H and O–H groups in total. The van der Waals surface area contributed by atoms with Gasteiger partial charge < -0.3 is 5.32 Å². The molecule has 1 saturated carbocycles. The van der Waals surface area contributed by atoms with E-state index < -0.39 is 0 Å². The number of hydrogen-bond acceptors (Lipinski definition) is 2. The van der Waals surface area contributed by atoms with Gasteiger partial charge in [-0.2, -0.15) is 0 Å². The van der Waals surface area contributed by atoms with Crippen molar-refractivity contribution in [2.75, 3.05) is 0 Å². The Morgan fingerprint density at radius 3 is 2.80 bits per heavy atom. The number of fused-ring (bicyclic) bond motifs is 1. The number of rotatable bonds is 3. The molecule has 3 atom stereocenters. The Balaban J connectivity index is 1.68. The Morgan fingerprint density at radius 2 is 1.95 bits per heavy atom. The van der Waals surface area contributed by atoms with E-state index in [-0.39, 0.29) is 0 Å². The summed E-state index contributed by atoms with van der Waals surface area (Å²) in [7, 11) is 0. The molecule has 1 aromatic carbocycles. The summed E-state index contributed by atoms with van der Waals surface area (Å²) in [6.45, 7) is 5.73. The van der Waals surface area contributed by atoms with Crippen LogP contribution in [0.2, 0.25) is 0 Å². The molecule has 3 unspecified atom stereocenters. The fourth-order valence-electron chi connectivity index (χ4n) is 3.30. The van der Waals surface area contributed by atoms with Gasteiger partial charge in [-0.1, -0.05) is 32.0 Å². The molecular weight excluding hydrogens is 244 g/mol. The van der Waals surface area contributed by atoms with Crippen LogP contribution in [0.15, 0.2) is 36.5 Å². The van der Waals surface area contributed by atoms with Gasteiger partial charge in [-0.15, -0.1) is 0 Å². The normalized spacial score (nSPS) is 26.8. The summed E-state index contributed by atoms with van der Waals surface area (Å²) in [6.07, 6.45) is 5.90. The van der Waals surface area contributed by atoms with Gasteiger partial charge in [0.25, 0.3) is 0 Å². The molecule has 1 aliphatic carbocycles. The lowest BCUT2D eigenvalue weighted by Crippen LogP contribution is -2.35. The van der Waals surface area contributed by atoms with Gasteiger partial charge in [-0.25, -0.2) is 0 Å². The number of para-hydroxylation sites is 1. The van der Waals surface area contributed by atoms with Crippen LogP contribution in [-0.2, 0) is 6.54 Å². The molecule has 20 heavy (non-hydrogen) atoms. The van der Waals surface area contributed by atoms with Crippen molar-refractivity contribution >= 4 is 10.9 Å². The van der Waals surface area contributed by atoms with Crippen LogP contribution in [0.1, 0.15) is 38.7 Å². The van der Waals surface area contributed by atoms with Crippen LogP contribution in [0.25, 0.3) is 10.9 Å². The summed E-state index contributed by atoms with van der Waals surface area (Å²) in [4.78, 5) is 4.43. The largest absolute Gasteiger partial charge is 0.310 e. The summed E-state index contributed by atoms with van der Waals surface area (Å²) in [5, 5.41) is 5.03. The molecule has 3 rings (SSSR count). The standard InChI is InChI=1S/C18H24N2/c1-13-7-8-16(11-14(13)2)20-12-15-9-10-19-18-6-4-3-5-17(15)18/h3-6,9-10,13-14,16,20H,7-8,11-12H2,1-2H3. The number of benzene rings is 1. The number of nitrogens with one attached hydrogen (secondary N) is 1. The third kappa shape index (κ3) is 2.85. The SMILES string of the molecule is CC1CCC(NCc2ccnc3ccccc23)CC1C. The summed E-state index contributed by atoms with van der Waals surface area (Å²) < 4.78 is 0. The predicted molar refractivity (Wildman–Crippen MR) is 84.5 cm³/mol. The molecule has 1 heterocycles. The van der Waals surface area contributed by atoms with Gasteiger partial charge in [0.2, 0.25) is 0 Å². The Morgan fingerprint density at radius 1 is 1.10 bits per heavy atom. The van der Waals surface area contributed by atoms with E-state index >= 15 is 0 Å². The van der Waals surface area contributed by atoms with Gasteiger partial charge in [0, 0.05) is 24.2 Å². The molecule has 0 saturated heterocycles. The van der Waals surface area contributed by atoms with E-state index in [0.717, 1.165) is 23.9 Å². The Hall–Kier alpha value is -1.41. The second-order valence-corrected chi connectivity index (χ2v) is 6.33. The first-order valence-corrected chi connectivity index (χ1v) is 7.80. The van der Waals surface area contributed by atoms with Gasteiger partial charge in [-0.3, -0.25) is 4.98 Å². The van der Waals surface area contributed by atoms with E-state index in [1.54, 1.807) is 0 Å². The van der Waals surface area contributed by atoms with Crippen LogP contribution in [0.3, 0.4) is 0 Å². The maximum Gasteiger partial charge on any atom is 0.0705 e. The van der Waals surface area contributed by atoms with E-state index in [1.807, 2.05) is 6.20 Å². The van der Waals surface area contributed by atoms with Crippen molar-refractivity contribution in [2.45, 2.75) is 45.7 Å². The Labute approximate surface area is 121 Å². The first-order chi connectivity index (χ1) is 9.74. The molecule has 0 aliphatic heterocycles. The van der Waals surface area contributed by atoms with Gasteiger partial charge >= 0.3 is 0 Å². The van der Waals surface area contributed by atoms with Crippen LogP contribution in [0.5, 0.6) is 0 Å². The zero-order chi connectivity index (χ0) is 13.9. The topological polar surface area (TPSA) is 24.9 Å². The van der Waals surface area contributed by atoms with E-state index in [1.165, 1.54) is 30.2 Å². The highest BCUT2D eigenvalue weighted by atomic mass is 14.9. The first-order valence-electron chi connectivity index (χ1n) is 7.80. The minimum atomic E-state index is 0.674. The fraction of sp³-hybridized carbons (Fsp3) is 0.500. The predicted octanol–water partition coefficient (Wildman–Crippen LogP) is 4.15. The third-order valence-corrected chi connectivity index (χ3v) is 4.92. The van der Waals surface area contributed by atoms with Crippen molar-refractivity contribution < 1.29 is 0 Å². The van der Waals surface area contributed by atoms with E-state index in [0.29, 0.717) is 6.04 Å². The highest BCUT2D eigenvalue weighted by molar-refractivity contribution is 5.81. The average Bonchev–Trinajstić information content (AvgIpc) is 2.48. The molecule has 2 nitrogen and oxygen atoms in total. The summed E-state index contributed by atoms with van der Waals surface area (Å²) in [5.41, 5.74) is 2.46. The summed E-state index contributed by atoms with van der Waals surface area (Å²) in [6, 6.07) is 11.2. The lowest BCUT2D eigenvalue weighted by atomic mass is 9.79. The van der Waals surface area contributed by atoms with Crippen molar-refractivity contribution in [3.63, 3.8) is 0 Å². The van der Waals surface area contributed by atoms with E-state index in [2.05, 4.69) is 54.5 Å². The fourth-order valence-corrected chi connectivity index (χ4v) is 3.30. The Kier molecular flexibility index (Phi) is 4.02. The van der Waals surface area contributed by atoms with Crippen molar-refractivity contribution in [3.8, 4) is 0 Å². The lowest BCUT2D eigenvalue weighted by molar-refractivity contribution is 0.225. The molecule has 2 aromatic rings. The molecular formula is C18H24N2. The molecule has 1 aliphatic rings. The molecule has 0 amide bonds. The minimum Gasteiger partial charge on any atom is -0.310 e. The molecule has 0 bridgehead atoms. The maximum absolute atomic E-state index is 4.43. The van der Waals surface area contributed by atoms with Crippen molar-refractivity contribution in [1.82, 2.24) is 10.3 Å². The quantitative estimate of drug-likeness (QED) is 0.904. The van der Waals surface area contributed by atoms with Gasteiger partial charge in [0.15, 0.2) is 0 Å². The Bertz CT molecular complexity index is 573. The second kappa shape index (κ2) is 5.92. The zero-order valence-corrected chi connectivity index (χ0v) is 12.5. The molecule has 2 heteroatoms. The van der Waals surface area contributed by atoms with Crippen molar-refractivity contribution in [1.29, 1.82) is 0 Å². The van der Waals surface area contributed by atoms with Crippen molar-refractivity contribution in [2.24, 2.45) is 11.8 Å². The second-order valence-electron chi connectivity index (χ2n) is 6.33. The van der Waals surface area contributed by atoms with Gasteiger partial charge in [0.05, 0.1) is 5.52 Å². The van der Waals surface area contributed by atoms with E-state index in [4.69, 9.17) is 0 Å². The smallest absolute Gasteiger partial charge is 0.0705 e. The van der Waals surface area contributed by atoms with Crippen molar-refractivity contribution in [3.05, 3.63) is 42.1 Å². The average molecular weight is 268 g/mol. The number of hydrogen-bond donors (Lipinski definition) is 1. The molecule has 1 aromatic heterocycles. The molecule has 0 radical (unpaired) electrons. The lowest BCUT2D eigenvalue weighted by Gasteiger charge is -2.32.